The van der Waals surface area contributed by atoms with E-state index in [9.17, 15) is 0 Å². The number of aromatic nitrogens is 2. The van der Waals surface area contributed by atoms with Gasteiger partial charge in [-0.3, -0.25) is 4.68 Å². The third kappa shape index (κ3) is 2.36. The Morgan fingerprint density at radius 3 is 2.64 bits per heavy atom. The van der Waals surface area contributed by atoms with Crippen molar-refractivity contribution in [3.8, 4) is 0 Å². The molecule has 80 valence electrons. The number of rotatable bonds is 5. The first kappa shape index (κ1) is 11.7. The Labute approximate surface area is 94.0 Å². The molecule has 0 amide bonds. The molecule has 0 unspecified atom stereocenters. The van der Waals surface area contributed by atoms with E-state index in [1.807, 2.05) is 7.05 Å². The summed E-state index contributed by atoms with van der Waals surface area (Å²) in [7, 11) is 1.97. The van der Waals surface area contributed by atoms with Crippen LogP contribution in [-0.4, -0.2) is 23.4 Å². The van der Waals surface area contributed by atoms with Crippen LogP contribution >= 0.6 is 15.9 Å². The van der Waals surface area contributed by atoms with Crippen molar-refractivity contribution in [3.05, 3.63) is 15.9 Å². The average Bonchev–Trinajstić information content (AvgIpc) is 2.52. The maximum absolute atomic E-state index is 4.54. The lowest BCUT2D eigenvalue weighted by Crippen LogP contribution is -2.13. The van der Waals surface area contributed by atoms with Gasteiger partial charge in [-0.2, -0.15) is 5.10 Å². The normalized spacial score (nSPS) is 10.9. The van der Waals surface area contributed by atoms with Gasteiger partial charge in [0.15, 0.2) is 0 Å². The second-order valence-corrected chi connectivity index (χ2v) is 4.02. The fourth-order valence-corrected chi connectivity index (χ4v) is 2.26. The van der Waals surface area contributed by atoms with Crippen LogP contribution in [-0.2, 0) is 19.4 Å². The van der Waals surface area contributed by atoms with E-state index < -0.39 is 0 Å². The van der Waals surface area contributed by atoms with Crippen molar-refractivity contribution in [1.29, 1.82) is 0 Å². The van der Waals surface area contributed by atoms with E-state index in [0.717, 1.165) is 31.6 Å². The Balaban J connectivity index is 2.92. The summed E-state index contributed by atoms with van der Waals surface area (Å²) in [5, 5.41) is 7.70. The molecule has 1 aromatic rings. The number of hydrogen-bond donors (Lipinski definition) is 1. The predicted octanol–water partition coefficient (Wildman–Crippen LogP) is 1.99. The lowest BCUT2D eigenvalue weighted by Gasteiger charge is -2.04. The maximum atomic E-state index is 4.54. The zero-order valence-corrected chi connectivity index (χ0v) is 10.7. The minimum absolute atomic E-state index is 0.942. The molecule has 0 saturated heterocycles. The summed E-state index contributed by atoms with van der Waals surface area (Å²) < 4.78 is 3.28. The molecule has 14 heavy (non-hydrogen) atoms. The first-order valence-corrected chi connectivity index (χ1v) is 5.92. The molecule has 1 rings (SSSR count). The van der Waals surface area contributed by atoms with Crippen LogP contribution in [0, 0.1) is 0 Å². The number of nitrogens with zero attached hydrogens (tertiary/aromatic N) is 2. The van der Waals surface area contributed by atoms with Gasteiger partial charge in [0.1, 0.15) is 0 Å². The molecule has 3 nitrogen and oxygen atoms in total. The van der Waals surface area contributed by atoms with Gasteiger partial charge in [0.25, 0.3) is 0 Å². The van der Waals surface area contributed by atoms with E-state index in [2.05, 4.69) is 44.9 Å². The van der Waals surface area contributed by atoms with Gasteiger partial charge in [0, 0.05) is 19.5 Å². The fraction of sp³-hybridized carbons (Fsp3) is 0.700. The van der Waals surface area contributed by atoms with Crippen LogP contribution in [0.15, 0.2) is 4.47 Å². The summed E-state index contributed by atoms with van der Waals surface area (Å²) in [4.78, 5) is 0. The molecule has 1 heterocycles. The maximum Gasteiger partial charge on any atom is 0.0766 e. The first-order chi connectivity index (χ1) is 6.74. The molecule has 0 bridgehead atoms. The van der Waals surface area contributed by atoms with Gasteiger partial charge in [0.2, 0.25) is 0 Å². The van der Waals surface area contributed by atoms with Crippen LogP contribution in [0.1, 0.15) is 25.2 Å². The number of halogens is 1. The molecule has 0 aliphatic rings. The standard InChI is InChI=1S/C10H18BrN3/c1-4-8-10(11)9(6-7-12-3)14(5-2)13-8/h12H,4-7H2,1-3H3. The Bertz CT molecular complexity index is 294. The second-order valence-electron chi connectivity index (χ2n) is 3.23. The molecule has 0 saturated carbocycles. The molecule has 0 radical (unpaired) electrons. The highest BCUT2D eigenvalue weighted by atomic mass is 79.9. The predicted molar refractivity (Wildman–Crippen MR) is 62.6 cm³/mol. The van der Waals surface area contributed by atoms with Gasteiger partial charge >= 0.3 is 0 Å². The third-order valence-corrected chi connectivity index (χ3v) is 3.22. The molecule has 0 aliphatic heterocycles. The van der Waals surface area contributed by atoms with Gasteiger partial charge < -0.3 is 5.32 Å². The van der Waals surface area contributed by atoms with Crippen molar-refractivity contribution in [3.63, 3.8) is 0 Å². The van der Waals surface area contributed by atoms with E-state index in [1.165, 1.54) is 10.2 Å². The van der Waals surface area contributed by atoms with Gasteiger partial charge in [0.05, 0.1) is 15.9 Å². The lowest BCUT2D eigenvalue weighted by atomic mass is 10.2. The monoisotopic (exact) mass is 259 g/mol. The Hall–Kier alpha value is -0.350. The zero-order valence-electron chi connectivity index (χ0n) is 9.10. The third-order valence-electron chi connectivity index (χ3n) is 2.31. The van der Waals surface area contributed by atoms with Crippen LogP contribution < -0.4 is 5.32 Å². The van der Waals surface area contributed by atoms with E-state index in [4.69, 9.17) is 0 Å². The summed E-state index contributed by atoms with van der Waals surface area (Å²) >= 11 is 3.62. The van der Waals surface area contributed by atoms with Crippen molar-refractivity contribution < 1.29 is 0 Å². The molecule has 0 fully saturated rings. The molecule has 0 aromatic carbocycles. The van der Waals surface area contributed by atoms with Crippen molar-refractivity contribution >= 4 is 15.9 Å². The van der Waals surface area contributed by atoms with Gasteiger partial charge in [-0.15, -0.1) is 0 Å². The number of nitrogens with one attached hydrogen (secondary N) is 1. The van der Waals surface area contributed by atoms with Crippen LogP contribution in [0.4, 0.5) is 0 Å². The molecular weight excluding hydrogens is 242 g/mol. The summed E-state index contributed by atoms with van der Waals surface area (Å²) in [6.45, 7) is 6.20. The average molecular weight is 260 g/mol. The zero-order chi connectivity index (χ0) is 10.6. The van der Waals surface area contributed by atoms with Crippen molar-refractivity contribution in [1.82, 2.24) is 15.1 Å². The Kier molecular flexibility index (Phi) is 4.62. The highest BCUT2D eigenvalue weighted by Gasteiger charge is 2.12. The summed E-state index contributed by atoms with van der Waals surface area (Å²) in [6, 6.07) is 0. The summed E-state index contributed by atoms with van der Waals surface area (Å²) in [5.74, 6) is 0. The molecule has 0 spiro atoms. The van der Waals surface area contributed by atoms with Crippen LogP contribution in [0.2, 0.25) is 0 Å². The molecular formula is C10H18BrN3. The van der Waals surface area contributed by atoms with E-state index in [-0.39, 0.29) is 0 Å². The SMILES string of the molecule is CCc1nn(CC)c(CCNC)c1Br. The minimum Gasteiger partial charge on any atom is -0.319 e. The van der Waals surface area contributed by atoms with E-state index >= 15 is 0 Å². The number of aryl methyl sites for hydroxylation is 2. The molecule has 4 heteroatoms. The number of likely N-dealkylation sites (N-methyl/N-ethyl adjacent to an activating group) is 1. The van der Waals surface area contributed by atoms with Crippen LogP contribution in [0.3, 0.4) is 0 Å². The van der Waals surface area contributed by atoms with Crippen molar-refractivity contribution in [2.75, 3.05) is 13.6 Å². The smallest absolute Gasteiger partial charge is 0.0766 e. The lowest BCUT2D eigenvalue weighted by molar-refractivity contribution is 0.604. The first-order valence-electron chi connectivity index (χ1n) is 5.13. The summed E-state index contributed by atoms with van der Waals surface area (Å²) in [6.07, 6.45) is 2.01. The van der Waals surface area contributed by atoms with Crippen LogP contribution in [0.25, 0.3) is 0 Å². The highest BCUT2D eigenvalue weighted by molar-refractivity contribution is 9.10. The Morgan fingerprint density at radius 2 is 2.14 bits per heavy atom. The van der Waals surface area contributed by atoms with Gasteiger partial charge in [-0.05, 0) is 36.3 Å². The molecule has 1 N–H and O–H groups in total. The van der Waals surface area contributed by atoms with Crippen molar-refractivity contribution in [2.45, 2.75) is 33.2 Å². The Morgan fingerprint density at radius 1 is 1.43 bits per heavy atom. The van der Waals surface area contributed by atoms with Crippen LogP contribution in [0.5, 0.6) is 0 Å². The van der Waals surface area contributed by atoms with Gasteiger partial charge in [-0.25, -0.2) is 0 Å². The minimum atomic E-state index is 0.942. The molecule has 1 aromatic heterocycles. The largest absolute Gasteiger partial charge is 0.319 e. The van der Waals surface area contributed by atoms with Crippen molar-refractivity contribution in [2.24, 2.45) is 0 Å². The highest BCUT2D eigenvalue weighted by Crippen LogP contribution is 2.22. The second kappa shape index (κ2) is 5.51. The van der Waals surface area contributed by atoms with Gasteiger partial charge in [-0.1, -0.05) is 6.92 Å². The molecule has 0 atom stereocenters. The summed E-state index contributed by atoms with van der Waals surface area (Å²) in [5.41, 5.74) is 2.47. The quantitative estimate of drug-likeness (QED) is 0.877. The van der Waals surface area contributed by atoms with E-state index in [0.29, 0.717) is 0 Å². The fourth-order valence-electron chi connectivity index (χ4n) is 1.50. The van der Waals surface area contributed by atoms with E-state index in [1.54, 1.807) is 0 Å². The topological polar surface area (TPSA) is 29.9 Å². The number of hydrogen-bond acceptors (Lipinski definition) is 2. The molecule has 0 aliphatic carbocycles.